The second-order valence-electron chi connectivity index (χ2n) is 6.32. The number of carbonyl (C=O) groups excluding carboxylic acids is 1. The van der Waals surface area contributed by atoms with Crippen LogP contribution in [0.15, 0.2) is 85.5 Å². The van der Waals surface area contributed by atoms with E-state index in [4.69, 9.17) is 4.74 Å². The number of carbonyl (C=O) groups is 1. The van der Waals surface area contributed by atoms with Gasteiger partial charge in [0.15, 0.2) is 5.78 Å². The fourth-order valence-corrected chi connectivity index (χ4v) is 2.66. The molecule has 0 fully saturated rings. The molecule has 0 N–H and O–H groups in total. The number of rotatable bonds is 8. The van der Waals surface area contributed by atoms with E-state index in [1.54, 1.807) is 12.2 Å². The maximum Gasteiger partial charge on any atom is 0.185 e. The van der Waals surface area contributed by atoms with Crippen molar-refractivity contribution in [1.82, 2.24) is 0 Å². The first kappa shape index (κ1) is 19.3. The Kier molecular flexibility index (Phi) is 6.53. The zero-order chi connectivity index (χ0) is 19.8. The number of hydrogen-bond acceptors (Lipinski definition) is 2. The Hall–Kier alpha value is -3.46. The van der Waals surface area contributed by atoms with Crippen LogP contribution in [-0.4, -0.2) is 12.4 Å². The predicted molar refractivity (Wildman–Crippen MR) is 112 cm³/mol. The highest BCUT2D eigenvalue weighted by molar-refractivity contribution is 6.06. The summed E-state index contributed by atoms with van der Waals surface area (Å²) in [4.78, 5) is 12.1. The zero-order valence-corrected chi connectivity index (χ0v) is 15.5. The lowest BCUT2D eigenvalue weighted by Crippen LogP contribution is -2.01. The SMILES string of the molecule is C=Cc1ccc(OCCc2ccc(C=CC(=O)c3ccc(F)cc3)cc2)cc1. The van der Waals surface area contributed by atoms with Gasteiger partial charge in [-0.25, -0.2) is 4.39 Å². The van der Waals surface area contributed by atoms with Crippen molar-refractivity contribution < 1.29 is 13.9 Å². The van der Waals surface area contributed by atoms with Gasteiger partial charge in [0, 0.05) is 12.0 Å². The van der Waals surface area contributed by atoms with E-state index in [1.165, 1.54) is 30.3 Å². The number of halogens is 1. The summed E-state index contributed by atoms with van der Waals surface area (Å²) in [5.74, 6) is 0.332. The molecule has 0 aliphatic heterocycles. The minimum atomic E-state index is -0.353. The van der Waals surface area contributed by atoms with Gasteiger partial charge >= 0.3 is 0 Å². The summed E-state index contributed by atoms with van der Waals surface area (Å²) in [5.41, 5.74) is 3.62. The topological polar surface area (TPSA) is 26.3 Å². The van der Waals surface area contributed by atoms with Gasteiger partial charge in [-0.1, -0.05) is 55.1 Å². The molecule has 0 spiro atoms. The fraction of sp³-hybridized carbons (Fsp3) is 0.0800. The van der Waals surface area contributed by atoms with E-state index in [2.05, 4.69) is 6.58 Å². The van der Waals surface area contributed by atoms with Gasteiger partial charge in [0.1, 0.15) is 11.6 Å². The van der Waals surface area contributed by atoms with E-state index < -0.39 is 0 Å². The van der Waals surface area contributed by atoms with Crippen LogP contribution in [0.3, 0.4) is 0 Å². The number of hydrogen-bond donors (Lipinski definition) is 0. The molecular weight excluding hydrogens is 351 g/mol. The van der Waals surface area contributed by atoms with Crippen molar-refractivity contribution in [1.29, 1.82) is 0 Å². The van der Waals surface area contributed by atoms with Crippen LogP contribution in [0.25, 0.3) is 12.2 Å². The molecule has 28 heavy (non-hydrogen) atoms. The third kappa shape index (κ3) is 5.52. The quantitative estimate of drug-likeness (QED) is 0.359. The zero-order valence-electron chi connectivity index (χ0n) is 15.5. The number of allylic oxidation sites excluding steroid dienone is 1. The predicted octanol–water partition coefficient (Wildman–Crippen LogP) is 5.99. The van der Waals surface area contributed by atoms with Gasteiger partial charge < -0.3 is 4.74 Å². The van der Waals surface area contributed by atoms with E-state index in [1.807, 2.05) is 48.5 Å². The Morgan fingerprint density at radius 2 is 1.54 bits per heavy atom. The van der Waals surface area contributed by atoms with Crippen LogP contribution in [0.2, 0.25) is 0 Å². The molecule has 0 saturated carbocycles. The van der Waals surface area contributed by atoms with Crippen LogP contribution < -0.4 is 4.74 Å². The molecule has 0 aromatic heterocycles. The molecule has 0 aliphatic carbocycles. The Bertz CT molecular complexity index is 953. The molecule has 0 heterocycles. The molecular formula is C25H21FO2. The van der Waals surface area contributed by atoms with E-state index in [0.717, 1.165) is 28.9 Å². The standard InChI is InChI=1S/C25H21FO2/c1-2-19-7-14-24(15-8-19)28-18-17-21-5-3-20(4-6-21)9-16-25(27)22-10-12-23(26)13-11-22/h2-16H,1,17-18H2. The highest BCUT2D eigenvalue weighted by Gasteiger charge is 2.02. The highest BCUT2D eigenvalue weighted by Crippen LogP contribution is 2.14. The third-order valence-corrected chi connectivity index (χ3v) is 4.31. The fourth-order valence-electron chi connectivity index (χ4n) is 2.66. The van der Waals surface area contributed by atoms with Crippen molar-refractivity contribution >= 4 is 17.9 Å². The van der Waals surface area contributed by atoms with Crippen LogP contribution >= 0.6 is 0 Å². The van der Waals surface area contributed by atoms with E-state index >= 15 is 0 Å². The maximum atomic E-state index is 12.9. The number of ether oxygens (including phenoxy) is 1. The molecule has 0 saturated heterocycles. The van der Waals surface area contributed by atoms with Gasteiger partial charge in [-0.2, -0.15) is 0 Å². The van der Waals surface area contributed by atoms with Gasteiger partial charge in [-0.15, -0.1) is 0 Å². The lowest BCUT2D eigenvalue weighted by Gasteiger charge is -2.07. The summed E-state index contributed by atoms with van der Waals surface area (Å²) in [6.45, 7) is 4.32. The average molecular weight is 372 g/mol. The van der Waals surface area contributed by atoms with Crippen molar-refractivity contribution in [3.63, 3.8) is 0 Å². The first-order chi connectivity index (χ1) is 13.6. The molecule has 3 rings (SSSR count). The molecule has 3 aromatic carbocycles. The van der Waals surface area contributed by atoms with Crippen LogP contribution in [-0.2, 0) is 6.42 Å². The molecule has 2 nitrogen and oxygen atoms in total. The average Bonchev–Trinajstić information content (AvgIpc) is 2.74. The number of ketones is 1. The smallest absolute Gasteiger partial charge is 0.185 e. The van der Waals surface area contributed by atoms with E-state index in [-0.39, 0.29) is 11.6 Å². The van der Waals surface area contributed by atoms with Crippen LogP contribution in [0, 0.1) is 5.82 Å². The summed E-state index contributed by atoms with van der Waals surface area (Å²) in [7, 11) is 0. The van der Waals surface area contributed by atoms with Crippen LogP contribution in [0.4, 0.5) is 4.39 Å². The largest absolute Gasteiger partial charge is 0.493 e. The van der Waals surface area contributed by atoms with Crippen molar-refractivity contribution in [3.8, 4) is 5.75 Å². The van der Waals surface area contributed by atoms with Crippen molar-refractivity contribution in [3.05, 3.63) is 114 Å². The Balaban J connectivity index is 1.50. The molecule has 0 amide bonds. The minimum Gasteiger partial charge on any atom is -0.493 e. The van der Waals surface area contributed by atoms with Crippen molar-refractivity contribution in [2.75, 3.05) is 6.61 Å². The normalized spacial score (nSPS) is 10.8. The van der Waals surface area contributed by atoms with E-state index in [0.29, 0.717) is 12.2 Å². The summed E-state index contributed by atoms with van der Waals surface area (Å²) in [6.07, 6.45) is 5.85. The lowest BCUT2D eigenvalue weighted by atomic mass is 10.1. The minimum absolute atomic E-state index is 0.153. The Morgan fingerprint density at radius 3 is 2.18 bits per heavy atom. The monoisotopic (exact) mass is 372 g/mol. The van der Waals surface area contributed by atoms with Crippen molar-refractivity contribution in [2.45, 2.75) is 6.42 Å². The maximum absolute atomic E-state index is 12.9. The highest BCUT2D eigenvalue weighted by atomic mass is 19.1. The molecule has 3 aromatic rings. The second-order valence-corrected chi connectivity index (χ2v) is 6.32. The van der Waals surface area contributed by atoms with Crippen molar-refractivity contribution in [2.24, 2.45) is 0 Å². The summed E-state index contributed by atoms with van der Waals surface area (Å²) in [5, 5.41) is 0. The van der Waals surface area contributed by atoms with Gasteiger partial charge in [0.05, 0.1) is 6.61 Å². The molecule has 3 heteroatoms. The van der Waals surface area contributed by atoms with Gasteiger partial charge in [0.2, 0.25) is 0 Å². The second kappa shape index (κ2) is 9.47. The van der Waals surface area contributed by atoms with E-state index in [9.17, 15) is 9.18 Å². The first-order valence-electron chi connectivity index (χ1n) is 9.06. The molecule has 0 bridgehead atoms. The molecule has 140 valence electrons. The van der Waals surface area contributed by atoms with Crippen LogP contribution in [0.5, 0.6) is 5.75 Å². The summed E-state index contributed by atoms with van der Waals surface area (Å²) in [6, 6.07) is 21.3. The molecule has 0 atom stereocenters. The molecule has 0 aliphatic rings. The van der Waals surface area contributed by atoms with Gasteiger partial charge in [0.25, 0.3) is 0 Å². The van der Waals surface area contributed by atoms with Gasteiger partial charge in [-0.05, 0) is 59.2 Å². The molecule has 0 unspecified atom stereocenters. The summed E-state index contributed by atoms with van der Waals surface area (Å²) < 4.78 is 18.7. The lowest BCUT2D eigenvalue weighted by molar-refractivity contribution is 0.104. The first-order valence-corrected chi connectivity index (χ1v) is 9.06. The Labute approximate surface area is 164 Å². The number of benzene rings is 3. The third-order valence-electron chi connectivity index (χ3n) is 4.31. The molecule has 0 radical (unpaired) electrons. The van der Waals surface area contributed by atoms with Gasteiger partial charge in [-0.3, -0.25) is 4.79 Å². The van der Waals surface area contributed by atoms with Crippen LogP contribution in [0.1, 0.15) is 27.0 Å². The Morgan fingerprint density at radius 1 is 0.893 bits per heavy atom. The summed E-state index contributed by atoms with van der Waals surface area (Å²) >= 11 is 0.